The number of rotatable bonds is 5. The second-order valence-electron chi connectivity index (χ2n) is 4.45. The van der Waals surface area contributed by atoms with Crippen molar-refractivity contribution in [3.8, 4) is 0 Å². The first-order valence-corrected chi connectivity index (χ1v) is 6.58. The van der Waals surface area contributed by atoms with Crippen LogP contribution in [0.5, 0.6) is 0 Å². The van der Waals surface area contributed by atoms with E-state index in [9.17, 15) is 9.18 Å². The molecule has 0 saturated carbocycles. The summed E-state index contributed by atoms with van der Waals surface area (Å²) in [6.45, 7) is 2.01. The maximum absolute atomic E-state index is 13.2. The first kappa shape index (κ1) is 16.3. The van der Waals surface area contributed by atoms with E-state index in [2.05, 4.69) is 5.32 Å². The average molecular weight is 301 g/mol. The summed E-state index contributed by atoms with van der Waals surface area (Å²) in [5.41, 5.74) is 0.524. The normalized spacial score (nSPS) is 12.4. The molecule has 0 heterocycles. The third kappa shape index (κ3) is 4.42. The Labute approximate surface area is 122 Å². The fourth-order valence-corrected chi connectivity index (χ4v) is 1.79. The lowest BCUT2D eigenvalue weighted by Gasteiger charge is -2.24. The van der Waals surface area contributed by atoms with Crippen molar-refractivity contribution in [3.63, 3.8) is 0 Å². The average Bonchev–Trinajstić information content (AvgIpc) is 2.45. The van der Waals surface area contributed by atoms with Crippen molar-refractivity contribution >= 4 is 17.6 Å². The van der Waals surface area contributed by atoms with Gasteiger partial charge in [0.15, 0.2) is 0 Å². The van der Waals surface area contributed by atoms with Crippen LogP contribution in [-0.2, 0) is 6.54 Å². The van der Waals surface area contributed by atoms with Crippen molar-refractivity contribution in [1.82, 2.24) is 10.2 Å². The van der Waals surface area contributed by atoms with Gasteiger partial charge in [0.2, 0.25) is 0 Å². The molecule has 1 aromatic carbocycles. The molecule has 1 atom stereocenters. The van der Waals surface area contributed by atoms with Gasteiger partial charge < -0.3 is 15.3 Å². The van der Waals surface area contributed by atoms with Gasteiger partial charge in [-0.1, -0.05) is 23.7 Å². The van der Waals surface area contributed by atoms with Crippen LogP contribution < -0.4 is 5.32 Å². The van der Waals surface area contributed by atoms with Gasteiger partial charge in [-0.2, -0.15) is 0 Å². The summed E-state index contributed by atoms with van der Waals surface area (Å²) < 4.78 is 13.2. The summed E-state index contributed by atoms with van der Waals surface area (Å²) in [6.07, 6.45) is 3.06. The highest BCUT2D eigenvalue weighted by molar-refractivity contribution is 6.31. The van der Waals surface area contributed by atoms with Gasteiger partial charge in [0.25, 0.3) is 0 Å². The van der Waals surface area contributed by atoms with Gasteiger partial charge in [-0.15, -0.1) is 0 Å². The van der Waals surface area contributed by atoms with E-state index in [1.807, 2.05) is 6.92 Å². The second kappa shape index (κ2) is 7.75. The van der Waals surface area contributed by atoms with Gasteiger partial charge in [-0.25, -0.2) is 9.18 Å². The van der Waals surface area contributed by atoms with Gasteiger partial charge in [0, 0.05) is 19.6 Å². The Balaban J connectivity index is 2.56. The monoisotopic (exact) mass is 300 g/mol. The highest BCUT2D eigenvalue weighted by Crippen LogP contribution is 2.19. The highest BCUT2D eigenvalue weighted by atomic mass is 35.5. The molecule has 2 amide bonds. The summed E-state index contributed by atoms with van der Waals surface area (Å²) >= 11 is 5.81. The molecule has 2 N–H and O–H groups in total. The maximum atomic E-state index is 13.2. The second-order valence-corrected chi connectivity index (χ2v) is 4.83. The molecule has 0 radical (unpaired) electrons. The number of hydrogen-bond donors (Lipinski definition) is 2. The van der Waals surface area contributed by atoms with Crippen molar-refractivity contribution in [2.45, 2.75) is 25.9 Å². The molecule has 0 aromatic heterocycles. The molecule has 6 heteroatoms. The molecule has 1 unspecified atom stereocenters. The van der Waals surface area contributed by atoms with Crippen LogP contribution in [-0.4, -0.2) is 29.1 Å². The molecule has 0 bridgehead atoms. The molecule has 4 nitrogen and oxygen atoms in total. The number of nitrogens with zero attached hydrogens (tertiary/aromatic N) is 1. The SMILES string of the molecule is CC(CC=CO)N(C)C(=O)NCc1cccc(F)c1Cl. The van der Waals surface area contributed by atoms with Gasteiger partial charge in [0.05, 0.1) is 11.3 Å². The van der Waals surface area contributed by atoms with E-state index in [0.29, 0.717) is 12.0 Å². The van der Waals surface area contributed by atoms with Gasteiger partial charge in [-0.05, 0) is 31.1 Å². The Hall–Kier alpha value is -1.75. The molecule has 1 rings (SSSR count). The molecular weight excluding hydrogens is 283 g/mol. The zero-order chi connectivity index (χ0) is 15.1. The van der Waals surface area contributed by atoms with Gasteiger partial charge in [-0.3, -0.25) is 0 Å². The van der Waals surface area contributed by atoms with E-state index in [-0.39, 0.29) is 23.6 Å². The van der Waals surface area contributed by atoms with E-state index >= 15 is 0 Å². The zero-order valence-electron chi connectivity index (χ0n) is 11.4. The summed E-state index contributed by atoms with van der Waals surface area (Å²) in [7, 11) is 1.65. The van der Waals surface area contributed by atoms with E-state index in [0.717, 1.165) is 6.26 Å². The number of urea groups is 1. The Morgan fingerprint density at radius 2 is 2.30 bits per heavy atom. The van der Waals surface area contributed by atoms with Crippen molar-refractivity contribution < 1.29 is 14.3 Å². The molecule has 0 aliphatic carbocycles. The third-order valence-electron chi connectivity index (χ3n) is 3.03. The summed E-state index contributed by atoms with van der Waals surface area (Å²) in [4.78, 5) is 13.4. The van der Waals surface area contributed by atoms with Crippen molar-refractivity contribution in [2.24, 2.45) is 0 Å². The number of halogens is 2. The molecule has 1 aromatic rings. The summed E-state index contributed by atoms with van der Waals surface area (Å²) in [5.74, 6) is -0.506. The van der Waals surface area contributed by atoms with E-state index in [4.69, 9.17) is 16.7 Å². The van der Waals surface area contributed by atoms with E-state index in [1.165, 1.54) is 11.0 Å². The molecule has 0 aliphatic heterocycles. The van der Waals surface area contributed by atoms with E-state index < -0.39 is 5.82 Å². The number of carbonyl (C=O) groups excluding carboxylic acids is 1. The molecule has 110 valence electrons. The van der Waals surface area contributed by atoms with Gasteiger partial charge >= 0.3 is 6.03 Å². The maximum Gasteiger partial charge on any atom is 0.317 e. The van der Waals surface area contributed by atoms with Crippen LogP contribution in [0.3, 0.4) is 0 Å². The van der Waals surface area contributed by atoms with Crippen molar-refractivity contribution in [3.05, 3.63) is 46.9 Å². The molecule has 0 saturated heterocycles. The minimum atomic E-state index is -0.506. The lowest BCUT2D eigenvalue weighted by atomic mass is 10.2. The van der Waals surface area contributed by atoms with Crippen molar-refractivity contribution in [2.75, 3.05) is 7.05 Å². The lowest BCUT2D eigenvalue weighted by Crippen LogP contribution is -2.41. The van der Waals surface area contributed by atoms with E-state index in [1.54, 1.807) is 25.3 Å². The summed E-state index contributed by atoms with van der Waals surface area (Å²) in [5, 5.41) is 11.3. The van der Waals surface area contributed by atoms with Crippen molar-refractivity contribution in [1.29, 1.82) is 0 Å². The summed E-state index contributed by atoms with van der Waals surface area (Å²) in [6, 6.07) is 4.11. The Kier molecular flexibility index (Phi) is 6.31. The molecule has 0 aliphatic rings. The van der Waals surface area contributed by atoms with Crippen LogP contribution in [0.25, 0.3) is 0 Å². The number of aliphatic hydroxyl groups is 1. The fourth-order valence-electron chi connectivity index (χ4n) is 1.60. The minimum Gasteiger partial charge on any atom is -0.516 e. The number of amides is 2. The minimum absolute atomic E-state index is 0.0201. The topological polar surface area (TPSA) is 52.6 Å². The Morgan fingerprint density at radius 3 is 2.95 bits per heavy atom. The number of nitrogens with one attached hydrogen (secondary N) is 1. The number of carbonyl (C=O) groups is 1. The van der Waals surface area contributed by atoms with Gasteiger partial charge in [0.1, 0.15) is 5.82 Å². The van der Waals surface area contributed by atoms with Crippen LogP contribution in [0.2, 0.25) is 5.02 Å². The molecule has 0 fully saturated rings. The largest absolute Gasteiger partial charge is 0.516 e. The first-order chi connectivity index (χ1) is 9.47. The third-order valence-corrected chi connectivity index (χ3v) is 3.45. The Bertz CT molecular complexity index is 494. The number of aliphatic hydroxyl groups excluding tert-OH is 1. The molecule has 0 spiro atoms. The smallest absolute Gasteiger partial charge is 0.317 e. The first-order valence-electron chi connectivity index (χ1n) is 6.20. The highest BCUT2D eigenvalue weighted by Gasteiger charge is 2.15. The fraction of sp³-hybridized carbons (Fsp3) is 0.357. The standard InChI is InChI=1S/C14H18ClFN2O2/c1-10(5-4-8-19)18(2)14(20)17-9-11-6-3-7-12(16)13(11)15/h3-4,6-8,10,19H,5,9H2,1-2H3,(H,17,20). The van der Waals surface area contributed by atoms with Crippen LogP contribution in [0.1, 0.15) is 18.9 Å². The molecular formula is C14H18ClFN2O2. The number of hydrogen-bond acceptors (Lipinski definition) is 2. The lowest BCUT2D eigenvalue weighted by molar-refractivity contribution is 0.193. The predicted octanol–water partition coefficient (Wildman–Crippen LogP) is 3.47. The van der Waals surface area contributed by atoms with Crippen LogP contribution in [0.15, 0.2) is 30.5 Å². The number of benzene rings is 1. The van der Waals surface area contributed by atoms with Crippen LogP contribution >= 0.6 is 11.6 Å². The predicted molar refractivity (Wildman–Crippen MR) is 77.3 cm³/mol. The zero-order valence-corrected chi connectivity index (χ0v) is 12.2. The molecule has 20 heavy (non-hydrogen) atoms. The van der Waals surface area contributed by atoms with Crippen LogP contribution in [0, 0.1) is 5.82 Å². The quantitative estimate of drug-likeness (QED) is 0.818. The van der Waals surface area contributed by atoms with Crippen LogP contribution in [0.4, 0.5) is 9.18 Å². The Morgan fingerprint density at radius 1 is 1.60 bits per heavy atom.